The van der Waals surface area contributed by atoms with Gasteiger partial charge in [-0.3, -0.25) is 4.79 Å². The molecule has 0 aliphatic carbocycles. The zero-order valence-corrected chi connectivity index (χ0v) is 14.6. The average molecular weight is 362 g/mol. The Kier molecular flexibility index (Phi) is 6.06. The molecule has 1 amide bonds. The van der Waals surface area contributed by atoms with Crippen LogP contribution in [-0.4, -0.2) is 32.8 Å². The van der Waals surface area contributed by atoms with Gasteiger partial charge in [0, 0.05) is 31.3 Å². The molecule has 0 spiro atoms. The lowest BCUT2D eigenvalue weighted by molar-refractivity contribution is 0.0783. The number of benzene rings is 2. The lowest BCUT2D eigenvalue weighted by Gasteiger charge is -2.18. The Morgan fingerprint density at radius 3 is 2.64 bits per heavy atom. The summed E-state index contributed by atoms with van der Waals surface area (Å²) in [6, 6.07) is 11.9. The normalized spacial score (nSPS) is 11.1. The molecule has 0 atom stereocenters. The lowest BCUT2D eigenvalue weighted by atomic mass is 10.1. The summed E-state index contributed by atoms with van der Waals surface area (Å²) in [5.74, 6) is -0.795. The zero-order chi connectivity index (χ0) is 18.4. The first kappa shape index (κ1) is 18.8. The fraction of sp³-hybridized carbons (Fsp3) is 0.167. The number of halogens is 1. The van der Waals surface area contributed by atoms with Crippen molar-refractivity contribution >= 4 is 15.9 Å². The first-order valence-corrected chi connectivity index (χ1v) is 9.03. The Morgan fingerprint density at radius 2 is 1.96 bits per heavy atom. The van der Waals surface area contributed by atoms with Crippen molar-refractivity contribution in [2.75, 3.05) is 13.6 Å². The van der Waals surface area contributed by atoms with Crippen LogP contribution in [0, 0.1) is 5.82 Å². The third kappa shape index (κ3) is 4.74. The molecular formula is C18H19FN2O3S. The van der Waals surface area contributed by atoms with Crippen LogP contribution in [0.25, 0.3) is 0 Å². The van der Waals surface area contributed by atoms with E-state index in [4.69, 9.17) is 0 Å². The van der Waals surface area contributed by atoms with Crippen LogP contribution >= 0.6 is 0 Å². The Morgan fingerprint density at radius 1 is 1.24 bits per heavy atom. The molecule has 0 radical (unpaired) electrons. The number of nitrogens with one attached hydrogen (secondary N) is 1. The summed E-state index contributed by atoms with van der Waals surface area (Å²) in [5, 5.41) is 0. The highest BCUT2D eigenvalue weighted by atomic mass is 32.2. The van der Waals surface area contributed by atoms with Gasteiger partial charge in [-0.15, -0.1) is 6.58 Å². The average Bonchev–Trinajstić information content (AvgIpc) is 2.61. The van der Waals surface area contributed by atoms with Gasteiger partial charge in [0.2, 0.25) is 10.0 Å². The third-order valence-electron chi connectivity index (χ3n) is 3.52. The number of carbonyl (C=O) groups excluding carboxylic acids is 1. The Labute approximate surface area is 146 Å². The van der Waals surface area contributed by atoms with E-state index in [-0.39, 0.29) is 23.5 Å². The van der Waals surface area contributed by atoms with E-state index >= 15 is 0 Å². The summed E-state index contributed by atoms with van der Waals surface area (Å²) >= 11 is 0. The Bertz CT molecular complexity index is 881. The molecule has 132 valence electrons. The molecule has 0 saturated carbocycles. The van der Waals surface area contributed by atoms with Crippen LogP contribution < -0.4 is 4.72 Å². The van der Waals surface area contributed by atoms with Gasteiger partial charge in [0.05, 0.1) is 4.90 Å². The molecule has 0 saturated heterocycles. The standard InChI is InChI=1S/C18H19FN2O3S/c1-3-11-20-25(23,24)16-9-6-8-14(12-16)18(22)21(2)13-15-7-4-5-10-17(15)19/h3-10,12,20H,1,11,13H2,2H3. The monoisotopic (exact) mass is 362 g/mol. The molecule has 1 N–H and O–H groups in total. The molecule has 0 bridgehead atoms. The molecule has 0 fully saturated rings. The molecule has 7 heteroatoms. The van der Waals surface area contributed by atoms with Crippen molar-refractivity contribution in [3.8, 4) is 0 Å². The van der Waals surface area contributed by atoms with E-state index in [1.165, 1.54) is 48.4 Å². The van der Waals surface area contributed by atoms with Crippen LogP contribution in [0.15, 0.2) is 66.1 Å². The molecule has 2 rings (SSSR count). The fourth-order valence-corrected chi connectivity index (χ4v) is 3.27. The number of sulfonamides is 1. The smallest absolute Gasteiger partial charge is 0.253 e. The first-order chi connectivity index (χ1) is 11.8. The van der Waals surface area contributed by atoms with Crippen LogP contribution in [-0.2, 0) is 16.6 Å². The van der Waals surface area contributed by atoms with Crippen molar-refractivity contribution in [1.29, 1.82) is 0 Å². The minimum absolute atomic E-state index is 0.0144. The lowest BCUT2D eigenvalue weighted by Crippen LogP contribution is -2.27. The van der Waals surface area contributed by atoms with E-state index in [2.05, 4.69) is 11.3 Å². The number of amides is 1. The quantitative estimate of drug-likeness (QED) is 0.770. The van der Waals surface area contributed by atoms with Gasteiger partial charge >= 0.3 is 0 Å². The van der Waals surface area contributed by atoms with Crippen LogP contribution in [0.2, 0.25) is 0 Å². The number of carbonyl (C=O) groups is 1. The largest absolute Gasteiger partial charge is 0.337 e. The molecule has 0 aliphatic rings. The predicted molar refractivity (Wildman–Crippen MR) is 94.0 cm³/mol. The molecule has 0 aliphatic heterocycles. The summed E-state index contributed by atoms with van der Waals surface area (Å²) in [5.41, 5.74) is 0.593. The first-order valence-electron chi connectivity index (χ1n) is 7.54. The van der Waals surface area contributed by atoms with Gasteiger partial charge in [0.25, 0.3) is 5.91 Å². The van der Waals surface area contributed by atoms with Crippen molar-refractivity contribution < 1.29 is 17.6 Å². The third-order valence-corrected chi connectivity index (χ3v) is 4.94. The van der Waals surface area contributed by atoms with Crippen LogP contribution in [0.5, 0.6) is 0 Å². The van der Waals surface area contributed by atoms with Crippen LogP contribution in [0.4, 0.5) is 4.39 Å². The van der Waals surface area contributed by atoms with Gasteiger partial charge in [-0.1, -0.05) is 30.3 Å². The van der Waals surface area contributed by atoms with Crippen LogP contribution in [0.3, 0.4) is 0 Å². The highest BCUT2D eigenvalue weighted by Gasteiger charge is 2.18. The van der Waals surface area contributed by atoms with Gasteiger partial charge in [0.1, 0.15) is 5.82 Å². The van der Waals surface area contributed by atoms with E-state index in [9.17, 15) is 17.6 Å². The van der Waals surface area contributed by atoms with Crippen molar-refractivity contribution in [1.82, 2.24) is 9.62 Å². The number of nitrogens with zero attached hydrogens (tertiary/aromatic N) is 1. The zero-order valence-electron chi connectivity index (χ0n) is 13.8. The summed E-state index contributed by atoms with van der Waals surface area (Å²) in [7, 11) is -2.19. The highest BCUT2D eigenvalue weighted by Crippen LogP contribution is 2.15. The van der Waals surface area contributed by atoms with Crippen molar-refractivity contribution in [3.05, 3.63) is 78.1 Å². The predicted octanol–water partition coefficient (Wildman–Crippen LogP) is 2.56. The van der Waals surface area contributed by atoms with Gasteiger partial charge in [-0.2, -0.15) is 0 Å². The minimum atomic E-state index is -3.72. The maximum atomic E-state index is 13.7. The van der Waals surface area contributed by atoms with Gasteiger partial charge in [-0.25, -0.2) is 17.5 Å². The molecule has 2 aromatic carbocycles. The Hall–Kier alpha value is -2.51. The number of rotatable bonds is 7. The van der Waals surface area contributed by atoms with E-state index < -0.39 is 21.7 Å². The molecular weight excluding hydrogens is 343 g/mol. The maximum absolute atomic E-state index is 13.7. The van der Waals surface area contributed by atoms with Gasteiger partial charge < -0.3 is 4.90 Å². The number of hydrogen-bond acceptors (Lipinski definition) is 3. The van der Waals surface area contributed by atoms with Gasteiger partial charge in [-0.05, 0) is 24.3 Å². The molecule has 5 nitrogen and oxygen atoms in total. The second-order valence-corrected chi connectivity index (χ2v) is 7.19. The van der Waals surface area contributed by atoms with E-state index in [1.807, 2.05) is 0 Å². The topological polar surface area (TPSA) is 66.5 Å². The van der Waals surface area contributed by atoms with Crippen molar-refractivity contribution in [3.63, 3.8) is 0 Å². The molecule has 2 aromatic rings. The maximum Gasteiger partial charge on any atom is 0.253 e. The van der Waals surface area contributed by atoms with Gasteiger partial charge in [0.15, 0.2) is 0 Å². The molecule has 0 unspecified atom stereocenters. The van der Waals surface area contributed by atoms with E-state index in [0.717, 1.165) is 0 Å². The van der Waals surface area contributed by atoms with E-state index in [0.29, 0.717) is 5.56 Å². The summed E-state index contributed by atoms with van der Waals surface area (Å²) in [4.78, 5) is 13.8. The summed E-state index contributed by atoms with van der Waals surface area (Å²) in [6.07, 6.45) is 1.43. The fourth-order valence-electron chi connectivity index (χ4n) is 2.22. The summed E-state index contributed by atoms with van der Waals surface area (Å²) in [6.45, 7) is 3.63. The minimum Gasteiger partial charge on any atom is -0.337 e. The second kappa shape index (κ2) is 8.04. The second-order valence-electron chi connectivity index (χ2n) is 5.42. The van der Waals surface area contributed by atoms with Crippen LogP contribution in [0.1, 0.15) is 15.9 Å². The van der Waals surface area contributed by atoms with Crippen molar-refractivity contribution in [2.45, 2.75) is 11.4 Å². The molecule has 0 aromatic heterocycles. The Balaban J connectivity index is 2.21. The molecule has 25 heavy (non-hydrogen) atoms. The summed E-state index contributed by atoms with van der Waals surface area (Å²) < 4.78 is 40.3. The SMILES string of the molecule is C=CCNS(=O)(=O)c1cccc(C(=O)N(C)Cc2ccccc2F)c1. The number of hydrogen-bond donors (Lipinski definition) is 1. The van der Waals surface area contributed by atoms with E-state index in [1.54, 1.807) is 18.2 Å². The highest BCUT2D eigenvalue weighted by molar-refractivity contribution is 7.89. The van der Waals surface area contributed by atoms with Crippen molar-refractivity contribution in [2.24, 2.45) is 0 Å². The molecule has 0 heterocycles.